The lowest BCUT2D eigenvalue weighted by Crippen LogP contribution is -2.25. The minimum atomic E-state index is -0.598. The summed E-state index contributed by atoms with van der Waals surface area (Å²) in [7, 11) is 1.64. The summed E-state index contributed by atoms with van der Waals surface area (Å²) in [5, 5.41) is 9.47. The molecular formula is C28H26N4O3S. The zero-order chi connectivity index (χ0) is 25.1. The van der Waals surface area contributed by atoms with Gasteiger partial charge in [-0.25, -0.2) is 5.01 Å². The number of para-hydroxylation sites is 1. The molecule has 0 radical (unpaired) electrons. The summed E-state index contributed by atoms with van der Waals surface area (Å²) in [6.45, 7) is 1.96. The number of amidine groups is 1. The summed E-state index contributed by atoms with van der Waals surface area (Å²) in [5.74, 6) is 0.205. The van der Waals surface area contributed by atoms with E-state index >= 15 is 0 Å². The van der Waals surface area contributed by atoms with Crippen LogP contribution >= 0.6 is 11.8 Å². The Bertz CT molecular complexity index is 1360. The highest BCUT2D eigenvalue weighted by molar-refractivity contribution is 8.15. The first kappa shape index (κ1) is 23.8. The fourth-order valence-corrected chi connectivity index (χ4v) is 5.44. The Balaban J connectivity index is 1.37. The van der Waals surface area contributed by atoms with E-state index in [-0.39, 0.29) is 24.3 Å². The molecule has 0 bridgehead atoms. The van der Waals surface area contributed by atoms with Gasteiger partial charge in [-0.2, -0.15) is 10.1 Å². The van der Waals surface area contributed by atoms with Gasteiger partial charge in [0, 0.05) is 24.1 Å². The van der Waals surface area contributed by atoms with Crippen LogP contribution in [-0.4, -0.2) is 40.1 Å². The Hall–Kier alpha value is -3.91. The van der Waals surface area contributed by atoms with Gasteiger partial charge in [0.25, 0.3) is 5.91 Å². The number of carbonyl (C=O) groups excluding carboxylic acids is 2. The molecule has 1 N–H and O–H groups in total. The second-order valence-electron chi connectivity index (χ2n) is 8.68. The van der Waals surface area contributed by atoms with E-state index in [2.05, 4.69) is 10.3 Å². The molecule has 0 saturated carbocycles. The number of amides is 2. The smallest absolute Gasteiger partial charge is 0.262 e. The number of anilines is 1. The minimum absolute atomic E-state index is 0.0346. The number of hydrogen-bond donors (Lipinski definition) is 1. The van der Waals surface area contributed by atoms with Crippen LogP contribution in [0.3, 0.4) is 0 Å². The molecule has 7 nitrogen and oxygen atoms in total. The van der Waals surface area contributed by atoms with Crippen LogP contribution in [0, 0.1) is 6.92 Å². The maximum absolute atomic E-state index is 12.8. The molecule has 0 aromatic heterocycles. The third-order valence-electron chi connectivity index (χ3n) is 6.11. The molecule has 0 saturated heterocycles. The number of hydrogen-bond acceptors (Lipinski definition) is 6. The molecule has 36 heavy (non-hydrogen) atoms. The number of carbonyl (C=O) groups is 2. The Kier molecular flexibility index (Phi) is 6.86. The van der Waals surface area contributed by atoms with E-state index in [0.717, 1.165) is 28.2 Å². The van der Waals surface area contributed by atoms with Crippen molar-refractivity contribution in [2.45, 2.75) is 31.1 Å². The number of nitrogens with one attached hydrogen (secondary N) is 1. The first-order chi connectivity index (χ1) is 17.5. The zero-order valence-electron chi connectivity index (χ0n) is 20.0. The van der Waals surface area contributed by atoms with Crippen molar-refractivity contribution in [3.05, 3.63) is 95.6 Å². The van der Waals surface area contributed by atoms with Gasteiger partial charge in [0.2, 0.25) is 5.91 Å². The van der Waals surface area contributed by atoms with E-state index in [1.807, 2.05) is 85.8 Å². The highest BCUT2D eigenvalue weighted by atomic mass is 32.2. The summed E-state index contributed by atoms with van der Waals surface area (Å²) < 4.78 is 5.63. The van der Waals surface area contributed by atoms with Gasteiger partial charge in [0.05, 0.1) is 18.9 Å². The van der Waals surface area contributed by atoms with Crippen molar-refractivity contribution in [3.63, 3.8) is 0 Å². The topological polar surface area (TPSA) is 83.4 Å². The molecule has 3 aromatic rings. The number of rotatable bonds is 6. The number of methoxy groups -OCH3 is 1. The third-order valence-corrected chi connectivity index (χ3v) is 7.25. The number of ether oxygens (including phenoxy) is 1. The molecule has 2 heterocycles. The largest absolute Gasteiger partial charge is 0.496 e. The highest BCUT2D eigenvalue weighted by Crippen LogP contribution is 2.41. The predicted octanol–water partition coefficient (Wildman–Crippen LogP) is 5.18. The third kappa shape index (κ3) is 5.04. The number of nitrogens with zero attached hydrogens (tertiary/aromatic N) is 3. The van der Waals surface area contributed by atoms with Crippen LogP contribution in [0.1, 0.15) is 35.6 Å². The Labute approximate surface area is 214 Å². The van der Waals surface area contributed by atoms with Crippen LogP contribution in [0.15, 0.2) is 89.0 Å². The van der Waals surface area contributed by atoms with Crippen LogP contribution in [0.25, 0.3) is 0 Å². The SMILES string of the molecule is COc1ccccc1[C@H]1CC(c2ccccc2)=NN1C1=NC(=O)[C@H](CC(=O)Nc2cccc(C)c2)S1. The lowest BCUT2D eigenvalue weighted by Gasteiger charge is -2.24. The van der Waals surface area contributed by atoms with Crippen molar-refractivity contribution >= 4 is 40.1 Å². The van der Waals surface area contributed by atoms with Crippen molar-refractivity contribution in [2.75, 3.05) is 12.4 Å². The van der Waals surface area contributed by atoms with Gasteiger partial charge in [-0.05, 0) is 36.2 Å². The van der Waals surface area contributed by atoms with Crippen LogP contribution < -0.4 is 10.1 Å². The number of thioether (sulfide) groups is 1. The fourth-order valence-electron chi connectivity index (χ4n) is 4.38. The van der Waals surface area contributed by atoms with Crippen LogP contribution in [0.4, 0.5) is 5.69 Å². The summed E-state index contributed by atoms with van der Waals surface area (Å²) in [4.78, 5) is 29.8. The first-order valence-electron chi connectivity index (χ1n) is 11.7. The van der Waals surface area contributed by atoms with Crippen LogP contribution in [-0.2, 0) is 9.59 Å². The van der Waals surface area contributed by atoms with Gasteiger partial charge in [-0.3, -0.25) is 9.59 Å². The van der Waals surface area contributed by atoms with Crippen molar-refractivity contribution in [3.8, 4) is 5.75 Å². The van der Waals surface area contributed by atoms with E-state index < -0.39 is 5.25 Å². The minimum Gasteiger partial charge on any atom is -0.496 e. The summed E-state index contributed by atoms with van der Waals surface area (Å²) in [5.41, 5.74) is 4.65. The number of hydrazone groups is 1. The van der Waals surface area contributed by atoms with Gasteiger partial charge >= 0.3 is 0 Å². The second-order valence-corrected chi connectivity index (χ2v) is 9.85. The molecule has 2 aliphatic rings. The van der Waals surface area contributed by atoms with Gasteiger partial charge < -0.3 is 10.1 Å². The van der Waals surface area contributed by atoms with E-state index in [0.29, 0.717) is 17.3 Å². The molecule has 0 aliphatic carbocycles. The van der Waals surface area contributed by atoms with Crippen LogP contribution in [0.2, 0.25) is 0 Å². The van der Waals surface area contributed by atoms with Crippen molar-refractivity contribution in [2.24, 2.45) is 10.1 Å². The lowest BCUT2D eigenvalue weighted by atomic mass is 9.98. The molecule has 2 atom stereocenters. The van der Waals surface area contributed by atoms with E-state index in [1.165, 1.54) is 11.8 Å². The predicted molar refractivity (Wildman–Crippen MR) is 143 cm³/mol. The number of aliphatic imine (C=N–C) groups is 1. The van der Waals surface area contributed by atoms with Gasteiger partial charge in [-0.15, -0.1) is 0 Å². The average Bonchev–Trinajstić information content (AvgIpc) is 3.48. The molecule has 0 spiro atoms. The summed E-state index contributed by atoms with van der Waals surface area (Å²) in [6.07, 6.45) is 0.670. The van der Waals surface area contributed by atoms with E-state index in [4.69, 9.17) is 9.84 Å². The van der Waals surface area contributed by atoms with Crippen molar-refractivity contribution in [1.29, 1.82) is 0 Å². The maximum atomic E-state index is 12.8. The summed E-state index contributed by atoms with van der Waals surface area (Å²) in [6, 6.07) is 25.2. The Morgan fingerprint density at radius 2 is 1.86 bits per heavy atom. The highest BCUT2D eigenvalue weighted by Gasteiger charge is 2.40. The van der Waals surface area contributed by atoms with Gasteiger partial charge in [-0.1, -0.05) is 72.4 Å². The van der Waals surface area contributed by atoms with Gasteiger partial charge in [0.15, 0.2) is 5.17 Å². The molecular weight excluding hydrogens is 472 g/mol. The van der Waals surface area contributed by atoms with Crippen LogP contribution in [0.5, 0.6) is 5.75 Å². The van der Waals surface area contributed by atoms with Gasteiger partial charge in [0.1, 0.15) is 11.0 Å². The molecule has 5 rings (SSSR count). The standard InChI is InChI=1S/C28H26N4O3S/c1-18-9-8-12-20(15-18)29-26(33)17-25-27(34)30-28(36-25)32-23(21-13-6-7-14-24(21)35-2)16-22(31-32)19-10-4-3-5-11-19/h3-15,23,25H,16-17H2,1-2H3,(H,29,33)/t23-,25+/m1/s1. The normalized spacial score (nSPS) is 19.2. The number of benzene rings is 3. The Morgan fingerprint density at radius 3 is 2.64 bits per heavy atom. The van der Waals surface area contributed by atoms with Crippen molar-refractivity contribution < 1.29 is 14.3 Å². The number of aryl methyl sites for hydroxylation is 1. The molecule has 2 aliphatic heterocycles. The van der Waals surface area contributed by atoms with E-state index in [1.54, 1.807) is 12.1 Å². The molecule has 182 valence electrons. The average molecular weight is 499 g/mol. The monoisotopic (exact) mass is 498 g/mol. The van der Waals surface area contributed by atoms with Crippen molar-refractivity contribution in [1.82, 2.24) is 5.01 Å². The second kappa shape index (κ2) is 10.4. The molecule has 0 fully saturated rings. The summed E-state index contributed by atoms with van der Waals surface area (Å²) >= 11 is 1.28. The molecule has 2 amide bonds. The first-order valence-corrected chi connectivity index (χ1v) is 12.6. The Morgan fingerprint density at radius 1 is 1.08 bits per heavy atom. The van der Waals surface area contributed by atoms with E-state index in [9.17, 15) is 9.59 Å². The lowest BCUT2D eigenvalue weighted by molar-refractivity contribution is -0.121. The molecule has 3 aromatic carbocycles. The molecule has 0 unspecified atom stereocenters. The fraction of sp³-hybridized carbons (Fsp3) is 0.214. The zero-order valence-corrected chi connectivity index (χ0v) is 20.9. The maximum Gasteiger partial charge on any atom is 0.262 e. The quantitative estimate of drug-likeness (QED) is 0.506. The molecule has 8 heteroatoms.